The third kappa shape index (κ3) is 4.55. The van der Waals surface area contributed by atoms with Gasteiger partial charge in [-0.25, -0.2) is 0 Å². The van der Waals surface area contributed by atoms with Crippen molar-refractivity contribution in [3.63, 3.8) is 0 Å². The Balaban J connectivity index is 0.00000225. The second-order valence-corrected chi connectivity index (χ2v) is 2.88. The molecule has 90 valence electrons. The van der Waals surface area contributed by atoms with Crippen LogP contribution in [0.2, 0.25) is 0 Å². The van der Waals surface area contributed by atoms with Crippen LogP contribution in [-0.2, 0) is 0 Å². The van der Waals surface area contributed by atoms with Crippen LogP contribution in [0.25, 0.3) is 0 Å². The number of ether oxygens (including phenoxy) is 1. The van der Waals surface area contributed by atoms with Crippen molar-refractivity contribution in [3.05, 3.63) is 42.5 Å². The molecule has 0 saturated heterocycles. The van der Waals surface area contributed by atoms with Crippen molar-refractivity contribution < 1.29 is 17.9 Å². The Morgan fingerprint density at radius 3 is 2.12 bits per heavy atom. The van der Waals surface area contributed by atoms with Crippen molar-refractivity contribution in [2.45, 2.75) is 12.4 Å². The zero-order chi connectivity index (χ0) is 11.5. The minimum atomic E-state index is -4.66. The van der Waals surface area contributed by atoms with Crippen LogP contribution in [0.4, 0.5) is 13.2 Å². The van der Waals surface area contributed by atoms with Crippen LogP contribution in [-0.4, -0.2) is 6.36 Å². The number of hydrogen-bond acceptors (Lipinski definition) is 2. The predicted octanol–water partition coefficient (Wildman–Crippen LogP) is 3.19. The molecular weight excluding hydrogens is 243 g/mol. The average Bonchev–Trinajstić information content (AvgIpc) is 2.15. The number of nitrogens with two attached hydrogens (primary N) is 1. The maximum absolute atomic E-state index is 11.8. The van der Waals surface area contributed by atoms with Gasteiger partial charge in [0.25, 0.3) is 0 Å². The van der Waals surface area contributed by atoms with Gasteiger partial charge in [-0.15, -0.1) is 32.2 Å². The Morgan fingerprint density at radius 2 is 1.75 bits per heavy atom. The third-order valence-electron chi connectivity index (χ3n) is 1.75. The lowest BCUT2D eigenvalue weighted by molar-refractivity contribution is -0.274. The predicted molar refractivity (Wildman–Crippen MR) is 57.5 cm³/mol. The Labute approximate surface area is 97.3 Å². The summed E-state index contributed by atoms with van der Waals surface area (Å²) in [6, 6.07) is 4.98. The van der Waals surface area contributed by atoms with Crippen molar-refractivity contribution in [1.82, 2.24) is 0 Å². The lowest BCUT2D eigenvalue weighted by Gasteiger charge is -2.10. The fourth-order valence-corrected chi connectivity index (χ4v) is 1.03. The van der Waals surface area contributed by atoms with Gasteiger partial charge in [0, 0.05) is 6.04 Å². The Kier molecular flexibility index (Phi) is 5.33. The molecule has 2 N–H and O–H groups in total. The zero-order valence-electron chi connectivity index (χ0n) is 8.20. The molecule has 0 aliphatic carbocycles. The minimum Gasteiger partial charge on any atom is -0.406 e. The first-order valence-electron chi connectivity index (χ1n) is 4.16. The van der Waals surface area contributed by atoms with E-state index in [2.05, 4.69) is 11.3 Å². The van der Waals surface area contributed by atoms with E-state index in [1.165, 1.54) is 30.3 Å². The van der Waals surface area contributed by atoms with E-state index in [1.54, 1.807) is 0 Å². The van der Waals surface area contributed by atoms with Gasteiger partial charge in [0.1, 0.15) is 5.75 Å². The zero-order valence-corrected chi connectivity index (χ0v) is 9.02. The minimum absolute atomic E-state index is 0. The highest BCUT2D eigenvalue weighted by Gasteiger charge is 2.30. The van der Waals surface area contributed by atoms with Crippen LogP contribution in [0.1, 0.15) is 11.6 Å². The van der Waals surface area contributed by atoms with Crippen molar-refractivity contribution in [2.24, 2.45) is 5.73 Å². The van der Waals surface area contributed by atoms with E-state index in [-0.39, 0.29) is 24.2 Å². The van der Waals surface area contributed by atoms with E-state index < -0.39 is 6.36 Å². The van der Waals surface area contributed by atoms with Crippen LogP contribution < -0.4 is 10.5 Å². The fraction of sp³-hybridized carbons (Fsp3) is 0.200. The summed E-state index contributed by atoms with van der Waals surface area (Å²) in [7, 11) is 0. The van der Waals surface area contributed by atoms with E-state index in [4.69, 9.17) is 5.73 Å². The largest absolute Gasteiger partial charge is 0.573 e. The summed E-state index contributed by atoms with van der Waals surface area (Å²) < 4.78 is 39.1. The first-order chi connectivity index (χ1) is 6.92. The highest BCUT2D eigenvalue weighted by Crippen LogP contribution is 2.23. The maximum atomic E-state index is 11.8. The molecule has 0 unspecified atom stereocenters. The first kappa shape index (κ1) is 14.8. The molecule has 0 aliphatic rings. The second kappa shape index (κ2) is 5.77. The molecule has 16 heavy (non-hydrogen) atoms. The molecule has 0 fully saturated rings. The quantitative estimate of drug-likeness (QED) is 0.840. The summed E-state index contributed by atoms with van der Waals surface area (Å²) in [5, 5.41) is 0. The summed E-state index contributed by atoms with van der Waals surface area (Å²) in [6.45, 7) is 3.48. The number of benzene rings is 1. The molecule has 0 aromatic heterocycles. The number of hydrogen-bond donors (Lipinski definition) is 1. The number of rotatable bonds is 3. The molecule has 0 aliphatic heterocycles. The molecule has 1 aromatic rings. The molecule has 0 saturated carbocycles. The average molecular weight is 254 g/mol. The molecular formula is C10H11ClF3NO. The molecule has 1 atom stereocenters. The van der Waals surface area contributed by atoms with Crippen LogP contribution in [0.15, 0.2) is 36.9 Å². The Bertz CT molecular complexity index is 337. The van der Waals surface area contributed by atoms with Crippen LogP contribution in [0.3, 0.4) is 0 Å². The van der Waals surface area contributed by atoms with Crippen molar-refractivity contribution >= 4 is 12.4 Å². The van der Waals surface area contributed by atoms with E-state index in [0.29, 0.717) is 5.56 Å². The van der Waals surface area contributed by atoms with Gasteiger partial charge in [0.15, 0.2) is 0 Å². The van der Waals surface area contributed by atoms with E-state index in [1.807, 2.05) is 0 Å². The normalized spacial score (nSPS) is 12.5. The van der Waals surface area contributed by atoms with Crippen molar-refractivity contribution in [1.29, 1.82) is 0 Å². The SMILES string of the molecule is C=C[C@@H](N)c1ccc(OC(F)(F)F)cc1.Cl. The van der Waals surface area contributed by atoms with Crippen molar-refractivity contribution in [2.75, 3.05) is 0 Å². The van der Waals surface area contributed by atoms with Gasteiger partial charge < -0.3 is 10.5 Å². The van der Waals surface area contributed by atoms with E-state index in [0.717, 1.165) is 0 Å². The third-order valence-corrected chi connectivity index (χ3v) is 1.75. The van der Waals surface area contributed by atoms with Gasteiger partial charge in [-0.1, -0.05) is 18.2 Å². The van der Waals surface area contributed by atoms with Gasteiger partial charge in [0.05, 0.1) is 0 Å². The molecule has 0 bridgehead atoms. The molecule has 0 amide bonds. The summed E-state index contributed by atoms with van der Waals surface area (Å²) >= 11 is 0. The number of halogens is 4. The number of alkyl halides is 3. The summed E-state index contributed by atoms with van der Waals surface area (Å²) in [4.78, 5) is 0. The summed E-state index contributed by atoms with van der Waals surface area (Å²) in [5.41, 5.74) is 6.27. The molecule has 0 heterocycles. The Hall–Kier alpha value is -1.20. The molecule has 0 spiro atoms. The smallest absolute Gasteiger partial charge is 0.406 e. The lowest BCUT2D eigenvalue weighted by atomic mass is 10.1. The lowest BCUT2D eigenvalue weighted by Crippen LogP contribution is -2.17. The van der Waals surface area contributed by atoms with Crippen molar-refractivity contribution in [3.8, 4) is 5.75 Å². The maximum Gasteiger partial charge on any atom is 0.573 e. The van der Waals surface area contributed by atoms with Gasteiger partial charge in [-0.05, 0) is 17.7 Å². The topological polar surface area (TPSA) is 35.2 Å². The molecule has 6 heteroatoms. The van der Waals surface area contributed by atoms with Gasteiger partial charge in [-0.3, -0.25) is 0 Å². The Morgan fingerprint density at radius 1 is 1.25 bits per heavy atom. The first-order valence-corrected chi connectivity index (χ1v) is 4.16. The van der Waals surface area contributed by atoms with Crippen LogP contribution in [0, 0.1) is 0 Å². The van der Waals surface area contributed by atoms with E-state index in [9.17, 15) is 13.2 Å². The van der Waals surface area contributed by atoms with Crippen LogP contribution >= 0.6 is 12.4 Å². The fourth-order valence-electron chi connectivity index (χ4n) is 1.03. The monoisotopic (exact) mass is 253 g/mol. The standard InChI is InChI=1S/C10H10F3NO.ClH/c1-2-9(14)7-3-5-8(6-4-7)15-10(11,12)13;/h2-6,9H,1,14H2;1H/t9-;/m1./s1. The van der Waals surface area contributed by atoms with Gasteiger partial charge in [0.2, 0.25) is 0 Å². The second-order valence-electron chi connectivity index (χ2n) is 2.88. The highest BCUT2D eigenvalue weighted by molar-refractivity contribution is 5.85. The molecule has 2 nitrogen and oxygen atoms in total. The van der Waals surface area contributed by atoms with Crippen LogP contribution in [0.5, 0.6) is 5.75 Å². The molecule has 1 aromatic carbocycles. The summed E-state index contributed by atoms with van der Waals surface area (Å²) in [5.74, 6) is -0.262. The van der Waals surface area contributed by atoms with Gasteiger partial charge in [-0.2, -0.15) is 0 Å². The van der Waals surface area contributed by atoms with E-state index >= 15 is 0 Å². The highest BCUT2D eigenvalue weighted by atomic mass is 35.5. The van der Waals surface area contributed by atoms with Gasteiger partial charge >= 0.3 is 6.36 Å². The molecule has 1 rings (SSSR count). The molecule has 0 radical (unpaired) electrons. The summed E-state index contributed by atoms with van der Waals surface area (Å²) in [6.07, 6.45) is -3.16.